The van der Waals surface area contributed by atoms with E-state index >= 15 is 0 Å². The van der Waals surface area contributed by atoms with Crippen LogP contribution >= 0.6 is 11.3 Å². The highest BCUT2D eigenvalue weighted by Crippen LogP contribution is 2.23. The van der Waals surface area contributed by atoms with Crippen LogP contribution in [0.4, 0.5) is 10.5 Å². The van der Waals surface area contributed by atoms with E-state index in [1.807, 2.05) is 35.7 Å². The minimum absolute atomic E-state index is 0.131. The van der Waals surface area contributed by atoms with Crippen molar-refractivity contribution in [3.63, 3.8) is 0 Å². The number of urea groups is 1. The van der Waals surface area contributed by atoms with E-state index in [0.29, 0.717) is 0 Å². The fourth-order valence-corrected chi connectivity index (χ4v) is 4.07. The molecule has 2 heterocycles. The molecule has 0 radical (unpaired) electrons. The number of carbonyl (C=O) groups is 2. The maximum absolute atomic E-state index is 12.5. The van der Waals surface area contributed by atoms with E-state index < -0.39 is 12.1 Å². The van der Waals surface area contributed by atoms with Gasteiger partial charge in [-0.1, -0.05) is 18.2 Å². The van der Waals surface area contributed by atoms with Gasteiger partial charge in [0, 0.05) is 43.3 Å². The van der Waals surface area contributed by atoms with Crippen LogP contribution in [0, 0.1) is 0 Å². The summed E-state index contributed by atoms with van der Waals surface area (Å²) >= 11 is 1.48. The van der Waals surface area contributed by atoms with E-state index in [1.165, 1.54) is 16.9 Å². The normalized spacial score (nSPS) is 16.5. The third kappa shape index (κ3) is 6.05. The van der Waals surface area contributed by atoms with Crippen LogP contribution in [0.3, 0.4) is 0 Å². The predicted molar refractivity (Wildman–Crippen MR) is 112 cm³/mol. The first-order chi connectivity index (χ1) is 13.5. The quantitative estimate of drug-likeness (QED) is 0.664. The number of thiophene rings is 1. The van der Waals surface area contributed by atoms with Crippen LogP contribution in [-0.4, -0.2) is 55.0 Å². The predicted octanol–water partition coefficient (Wildman–Crippen LogP) is 2.23. The van der Waals surface area contributed by atoms with E-state index in [-0.39, 0.29) is 12.3 Å². The summed E-state index contributed by atoms with van der Waals surface area (Å²) in [6.45, 7) is 5.13. The third-order valence-electron chi connectivity index (χ3n) is 4.81. The zero-order valence-corrected chi connectivity index (χ0v) is 16.9. The maximum Gasteiger partial charge on any atom is 0.312 e. The summed E-state index contributed by atoms with van der Waals surface area (Å²) in [5.41, 5.74) is 7.20. The van der Waals surface area contributed by atoms with Crippen molar-refractivity contribution in [2.24, 2.45) is 5.73 Å². The van der Waals surface area contributed by atoms with Crippen molar-refractivity contribution in [2.45, 2.75) is 19.0 Å². The van der Waals surface area contributed by atoms with Crippen molar-refractivity contribution in [2.75, 3.05) is 38.5 Å². The maximum atomic E-state index is 12.5. The number of nitrogens with two attached hydrogens (primary N) is 1. The van der Waals surface area contributed by atoms with Gasteiger partial charge >= 0.3 is 6.03 Å². The molecule has 7 nitrogen and oxygen atoms in total. The summed E-state index contributed by atoms with van der Waals surface area (Å²) in [5.74, 6) is -0.163. The average molecular weight is 402 g/mol. The molecule has 0 aliphatic carbocycles. The number of carbonyl (C=O) groups excluding carboxylic acids is 2. The number of hydrogen-bond donors (Lipinski definition) is 3. The molecule has 1 saturated heterocycles. The molecule has 4 N–H and O–H groups in total. The number of piperazine rings is 1. The van der Waals surface area contributed by atoms with Crippen molar-refractivity contribution < 1.29 is 9.59 Å². The van der Waals surface area contributed by atoms with E-state index in [4.69, 9.17) is 5.73 Å². The number of primary amides is 1. The molecule has 0 spiro atoms. The Balaban J connectivity index is 1.58. The molecule has 1 atom stereocenters. The second kappa shape index (κ2) is 9.68. The van der Waals surface area contributed by atoms with E-state index in [1.54, 1.807) is 0 Å². The molecule has 0 bridgehead atoms. The SMILES string of the molecule is CN1CCN(Cc2cccc(NC(=O)CC(NC(N)=O)c3cccs3)c2)CC1. The Morgan fingerprint density at radius 1 is 1.18 bits per heavy atom. The Bertz CT molecular complexity index is 788. The molecule has 2 aromatic rings. The van der Waals surface area contributed by atoms with E-state index in [9.17, 15) is 9.59 Å². The molecule has 150 valence electrons. The smallest absolute Gasteiger partial charge is 0.312 e. The minimum atomic E-state index is -0.639. The van der Waals surface area contributed by atoms with Gasteiger partial charge in [-0.25, -0.2) is 4.79 Å². The monoisotopic (exact) mass is 401 g/mol. The highest BCUT2D eigenvalue weighted by molar-refractivity contribution is 7.10. The fourth-order valence-electron chi connectivity index (χ4n) is 3.29. The Morgan fingerprint density at radius 3 is 2.64 bits per heavy atom. The molecule has 0 saturated carbocycles. The number of nitrogens with one attached hydrogen (secondary N) is 2. The number of likely N-dealkylation sites (N-methyl/N-ethyl adjacent to an activating group) is 1. The van der Waals surface area contributed by atoms with Crippen molar-refractivity contribution in [3.8, 4) is 0 Å². The molecule has 8 heteroatoms. The summed E-state index contributed by atoms with van der Waals surface area (Å²) in [5, 5.41) is 7.49. The molecule has 1 unspecified atom stereocenters. The zero-order valence-electron chi connectivity index (χ0n) is 16.1. The van der Waals surface area contributed by atoms with Crippen LogP contribution in [0.2, 0.25) is 0 Å². The number of rotatable bonds is 7. The summed E-state index contributed by atoms with van der Waals surface area (Å²) in [7, 11) is 2.14. The first-order valence-electron chi connectivity index (χ1n) is 9.38. The first kappa shape index (κ1) is 20.3. The van der Waals surface area contributed by atoms with Crippen molar-refractivity contribution in [3.05, 3.63) is 52.2 Å². The first-order valence-corrected chi connectivity index (χ1v) is 10.3. The molecule has 28 heavy (non-hydrogen) atoms. The molecule has 1 aliphatic heterocycles. The summed E-state index contributed by atoms with van der Waals surface area (Å²) in [4.78, 5) is 29.5. The van der Waals surface area contributed by atoms with Gasteiger partial charge in [0.25, 0.3) is 0 Å². The largest absolute Gasteiger partial charge is 0.352 e. The third-order valence-corrected chi connectivity index (χ3v) is 5.79. The van der Waals surface area contributed by atoms with Gasteiger partial charge in [0.05, 0.1) is 12.5 Å². The number of hydrogen-bond acceptors (Lipinski definition) is 5. The van der Waals surface area contributed by atoms with Gasteiger partial charge in [-0.3, -0.25) is 9.69 Å². The highest BCUT2D eigenvalue weighted by atomic mass is 32.1. The Kier molecular flexibility index (Phi) is 7.02. The lowest BCUT2D eigenvalue weighted by Gasteiger charge is -2.32. The van der Waals surface area contributed by atoms with Crippen LogP contribution in [0.25, 0.3) is 0 Å². The second-order valence-corrected chi connectivity index (χ2v) is 8.09. The average Bonchev–Trinajstić information content (AvgIpc) is 3.18. The van der Waals surface area contributed by atoms with Crippen LogP contribution in [-0.2, 0) is 11.3 Å². The van der Waals surface area contributed by atoms with Gasteiger partial charge in [-0.2, -0.15) is 0 Å². The summed E-state index contributed by atoms with van der Waals surface area (Å²) in [6, 6.07) is 10.6. The van der Waals surface area contributed by atoms with Crippen molar-refractivity contribution in [1.29, 1.82) is 0 Å². The van der Waals surface area contributed by atoms with E-state index in [2.05, 4.69) is 33.5 Å². The summed E-state index contributed by atoms with van der Waals surface area (Å²) < 4.78 is 0. The second-order valence-electron chi connectivity index (χ2n) is 7.11. The molecule has 3 amide bonds. The van der Waals surface area contributed by atoms with Crippen molar-refractivity contribution >= 4 is 29.0 Å². The summed E-state index contributed by atoms with van der Waals surface area (Å²) in [6.07, 6.45) is 0.131. The number of anilines is 1. The van der Waals surface area contributed by atoms with Gasteiger partial charge in [0.2, 0.25) is 5.91 Å². The highest BCUT2D eigenvalue weighted by Gasteiger charge is 2.19. The molecular formula is C20H27N5O2S. The van der Waals surface area contributed by atoms with Crippen LogP contribution in [0.15, 0.2) is 41.8 Å². The van der Waals surface area contributed by atoms with Gasteiger partial charge in [-0.05, 0) is 36.2 Å². The number of benzene rings is 1. The fraction of sp³-hybridized carbons (Fsp3) is 0.400. The van der Waals surface area contributed by atoms with E-state index in [0.717, 1.165) is 43.3 Å². The Labute approximate surface area is 169 Å². The minimum Gasteiger partial charge on any atom is -0.352 e. The molecule has 3 rings (SSSR count). The Morgan fingerprint density at radius 2 is 1.96 bits per heavy atom. The molecular weight excluding hydrogens is 374 g/mol. The van der Waals surface area contributed by atoms with Gasteiger partial charge in [0.1, 0.15) is 0 Å². The van der Waals surface area contributed by atoms with Gasteiger partial charge in [0.15, 0.2) is 0 Å². The lowest BCUT2D eigenvalue weighted by atomic mass is 10.1. The topological polar surface area (TPSA) is 90.7 Å². The van der Waals surface area contributed by atoms with Gasteiger partial charge < -0.3 is 21.3 Å². The van der Waals surface area contributed by atoms with Crippen LogP contribution in [0.1, 0.15) is 22.9 Å². The standard InChI is InChI=1S/C20H27N5O2S/c1-24-7-9-25(10-8-24)14-15-4-2-5-16(12-15)22-19(26)13-17(23-20(21)27)18-6-3-11-28-18/h2-6,11-12,17H,7-10,13-14H2,1H3,(H,22,26)(H3,21,23,27). The molecule has 1 fully saturated rings. The lowest BCUT2D eigenvalue weighted by molar-refractivity contribution is -0.116. The van der Waals surface area contributed by atoms with Crippen LogP contribution in [0.5, 0.6) is 0 Å². The number of amides is 3. The van der Waals surface area contributed by atoms with Crippen LogP contribution < -0.4 is 16.4 Å². The van der Waals surface area contributed by atoms with Crippen molar-refractivity contribution in [1.82, 2.24) is 15.1 Å². The Hall–Kier alpha value is -2.42. The number of nitrogens with zero attached hydrogens (tertiary/aromatic N) is 2. The zero-order chi connectivity index (χ0) is 19.9. The molecule has 1 aliphatic rings. The lowest BCUT2D eigenvalue weighted by Crippen LogP contribution is -2.43. The van der Waals surface area contributed by atoms with Gasteiger partial charge in [-0.15, -0.1) is 11.3 Å². The molecule has 1 aromatic heterocycles. The molecule has 1 aromatic carbocycles.